The van der Waals surface area contributed by atoms with Gasteiger partial charge < -0.3 is 24.4 Å². The van der Waals surface area contributed by atoms with Gasteiger partial charge in [0.05, 0.1) is 14.2 Å². The van der Waals surface area contributed by atoms with Crippen molar-refractivity contribution >= 4 is 11.8 Å². The minimum atomic E-state index is -0.119. The number of para-hydroxylation sites is 2. The molecule has 0 aromatic heterocycles. The van der Waals surface area contributed by atoms with Gasteiger partial charge in [-0.15, -0.1) is 0 Å². The summed E-state index contributed by atoms with van der Waals surface area (Å²) in [6.07, 6.45) is 2.19. The molecule has 2 amide bonds. The Morgan fingerprint density at radius 2 is 1.70 bits per heavy atom. The third-order valence-corrected chi connectivity index (χ3v) is 4.96. The van der Waals surface area contributed by atoms with Gasteiger partial charge in [0.15, 0.2) is 18.1 Å². The highest BCUT2D eigenvalue weighted by Crippen LogP contribution is 2.28. The second kappa shape index (κ2) is 10.5. The SMILES string of the molecule is COc1ccc(CNC(=O)CCN(C(=O)COc2ccccc2OC)C2CC2)cc1. The van der Waals surface area contributed by atoms with Crippen LogP contribution in [0.25, 0.3) is 0 Å². The standard InChI is InChI=1S/C23H28N2O5/c1-28-19-11-7-17(8-12-19)15-24-22(26)13-14-25(18-9-10-18)23(27)16-30-21-6-4-3-5-20(21)29-2/h3-8,11-12,18H,9-10,13-16H2,1-2H3,(H,24,26). The van der Waals surface area contributed by atoms with Crippen LogP contribution in [0.5, 0.6) is 17.2 Å². The van der Waals surface area contributed by atoms with E-state index in [0.29, 0.717) is 24.6 Å². The number of carbonyl (C=O) groups is 2. The summed E-state index contributed by atoms with van der Waals surface area (Å²) in [6.45, 7) is 0.745. The molecule has 7 heteroatoms. The fraction of sp³-hybridized carbons (Fsp3) is 0.391. The number of hydrogen-bond donors (Lipinski definition) is 1. The van der Waals surface area contributed by atoms with E-state index in [1.165, 1.54) is 0 Å². The highest BCUT2D eigenvalue weighted by Gasteiger charge is 2.32. The molecule has 2 aromatic rings. The van der Waals surface area contributed by atoms with Crippen LogP contribution in [-0.2, 0) is 16.1 Å². The average Bonchev–Trinajstić information content (AvgIpc) is 3.62. The van der Waals surface area contributed by atoms with Gasteiger partial charge in [0.1, 0.15) is 5.75 Å². The summed E-state index contributed by atoms with van der Waals surface area (Å²) in [4.78, 5) is 26.7. The van der Waals surface area contributed by atoms with Gasteiger partial charge in [0, 0.05) is 25.6 Å². The van der Waals surface area contributed by atoms with Crippen molar-refractivity contribution in [3.63, 3.8) is 0 Å². The summed E-state index contributed by atoms with van der Waals surface area (Å²) in [5, 5.41) is 2.90. The van der Waals surface area contributed by atoms with E-state index in [9.17, 15) is 9.59 Å². The molecular weight excluding hydrogens is 384 g/mol. The molecule has 3 rings (SSSR count). The Hall–Kier alpha value is -3.22. The van der Waals surface area contributed by atoms with E-state index in [1.807, 2.05) is 36.4 Å². The van der Waals surface area contributed by atoms with Crippen LogP contribution < -0.4 is 19.5 Å². The lowest BCUT2D eigenvalue weighted by molar-refractivity contribution is -0.134. The quantitative estimate of drug-likeness (QED) is 0.614. The molecule has 0 saturated heterocycles. The summed E-state index contributed by atoms with van der Waals surface area (Å²) in [7, 11) is 3.18. The summed E-state index contributed by atoms with van der Waals surface area (Å²) in [5.41, 5.74) is 0.990. The van der Waals surface area contributed by atoms with E-state index < -0.39 is 0 Å². The fourth-order valence-electron chi connectivity index (χ4n) is 3.11. The average molecular weight is 412 g/mol. The van der Waals surface area contributed by atoms with Crippen molar-refractivity contribution in [1.82, 2.24) is 10.2 Å². The van der Waals surface area contributed by atoms with Gasteiger partial charge in [-0.25, -0.2) is 0 Å². The topological polar surface area (TPSA) is 77.1 Å². The fourth-order valence-corrected chi connectivity index (χ4v) is 3.11. The summed E-state index contributed by atoms with van der Waals surface area (Å²) < 4.78 is 16.0. The number of rotatable bonds is 11. The second-order valence-corrected chi connectivity index (χ2v) is 7.13. The Balaban J connectivity index is 1.45. The lowest BCUT2D eigenvalue weighted by atomic mass is 10.2. The van der Waals surface area contributed by atoms with Gasteiger partial charge in [0.25, 0.3) is 5.91 Å². The molecule has 0 spiro atoms. The number of methoxy groups -OCH3 is 2. The van der Waals surface area contributed by atoms with Crippen molar-refractivity contribution in [2.45, 2.75) is 31.8 Å². The zero-order valence-corrected chi connectivity index (χ0v) is 17.4. The highest BCUT2D eigenvalue weighted by molar-refractivity contribution is 5.80. The Morgan fingerprint density at radius 1 is 1.00 bits per heavy atom. The Morgan fingerprint density at radius 3 is 2.33 bits per heavy atom. The van der Waals surface area contributed by atoms with Crippen molar-refractivity contribution in [1.29, 1.82) is 0 Å². The molecule has 1 fully saturated rings. The van der Waals surface area contributed by atoms with Crippen LogP contribution in [0.15, 0.2) is 48.5 Å². The molecule has 1 saturated carbocycles. The van der Waals surface area contributed by atoms with E-state index >= 15 is 0 Å². The van der Waals surface area contributed by atoms with Crippen LogP contribution in [0, 0.1) is 0 Å². The van der Waals surface area contributed by atoms with Crippen LogP contribution in [-0.4, -0.2) is 50.1 Å². The molecule has 1 N–H and O–H groups in total. The second-order valence-electron chi connectivity index (χ2n) is 7.13. The lowest BCUT2D eigenvalue weighted by Crippen LogP contribution is -2.39. The first kappa shape index (κ1) is 21.5. The largest absolute Gasteiger partial charge is 0.497 e. The molecule has 30 heavy (non-hydrogen) atoms. The van der Waals surface area contributed by atoms with Crippen LogP contribution in [0.2, 0.25) is 0 Å². The van der Waals surface area contributed by atoms with E-state index in [-0.39, 0.29) is 30.9 Å². The summed E-state index contributed by atoms with van der Waals surface area (Å²) in [6, 6.07) is 15.0. The maximum atomic E-state index is 12.7. The van der Waals surface area contributed by atoms with E-state index in [4.69, 9.17) is 14.2 Å². The van der Waals surface area contributed by atoms with Crippen LogP contribution in [0.1, 0.15) is 24.8 Å². The minimum Gasteiger partial charge on any atom is -0.497 e. The molecule has 7 nitrogen and oxygen atoms in total. The zero-order chi connectivity index (χ0) is 21.3. The van der Waals surface area contributed by atoms with Gasteiger partial charge in [-0.3, -0.25) is 9.59 Å². The smallest absolute Gasteiger partial charge is 0.260 e. The van der Waals surface area contributed by atoms with Crippen molar-refractivity contribution in [2.75, 3.05) is 27.4 Å². The molecule has 160 valence electrons. The van der Waals surface area contributed by atoms with Crippen LogP contribution in [0.4, 0.5) is 0 Å². The normalized spacial score (nSPS) is 12.7. The molecule has 0 atom stereocenters. The maximum absolute atomic E-state index is 12.7. The number of ether oxygens (including phenoxy) is 3. The van der Waals surface area contributed by atoms with E-state index in [2.05, 4.69) is 5.32 Å². The van der Waals surface area contributed by atoms with Gasteiger partial charge >= 0.3 is 0 Å². The number of carbonyl (C=O) groups excluding carboxylic acids is 2. The van der Waals surface area contributed by atoms with E-state index in [0.717, 1.165) is 24.2 Å². The number of amides is 2. The third-order valence-electron chi connectivity index (χ3n) is 4.96. The highest BCUT2D eigenvalue weighted by atomic mass is 16.5. The molecule has 0 heterocycles. The molecule has 1 aliphatic rings. The number of nitrogens with zero attached hydrogens (tertiary/aromatic N) is 1. The first-order chi connectivity index (χ1) is 14.6. The molecule has 0 radical (unpaired) electrons. The van der Waals surface area contributed by atoms with Gasteiger partial charge in [-0.05, 0) is 42.7 Å². The third kappa shape index (κ3) is 6.14. The van der Waals surface area contributed by atoms with Gasteiger partial charge in [-0.2, -0.15) is 0 Å². The number of benzene rings is 2. The summed E-state index contributed by atoms with van der Waals surface area (Å²) in [5.74, 6) is 1.68. The number of hydrogen-bond acceptors (Lipinski definition) is 5. The Kier molecular flexibility index (Phi) is 7.54. The monoisotopic (exact) mass is 412 g/mol. The van der Waals surface area contributed by atoms with Gasteiger partial charge in [-0.1, -0.05) is 24.3 Å². The van der Waals surface area contributed by atoms with Gasteiger partial charge in [0.2, 0.25) is 5.91 Å². The van der Waals surface area contributed by atoms with Crippen LogP contribution in [0.3, 0.4) is 0 Å². The lowest BCUT2D eigenvalue weighted by Gasteiger charge is -2.22. The Labute approximate surface area is 176 Å². The van der Waals surface area contributed by atoms with Crippen molar-refractivity contribution in [3.05, 3.63) is 54.1 Å². The minimum absolute atomic E-state index is 0.0790. The molecule has 1 aliphatic carbocycles. The van der Waals surface area contributed by atoms with Crippen molar-refractivity contribution in [2.24, 2.45) is 0 Å². The van der Waals surface area contributed by atoms with Crippen molar-refractivity contribution in [3.8, 4) is 17.2 Å². The molecule has 0 bridgehead atoms. The van der Waals surface area contributed by atoms with Crippen molar-refractivity contribution < 1.29 is 23.8 Å². The zero-order valence-electron chi connectivity index (χ0n) is 17.4. The molecule has 0 unspecified atom stereocenters. The first-order valence-electron chi connectivity index (χ1n) is 10.1. The molecular formula is C23H28N2O5. The van der Waals surface area contributed by atoms with Crippen LogP contribution >= 0.6 is 0 Å². The maximum Gasteiger partial charge on any atom is 0.260 e. The molecule has 0 aliphatic heterocycles. The summed E-state index contributed by atoms with van der Waals surface area (Å²) >= 11 is 0. The predicted octanol–water partition coefficient (Wildman–Crippen LogP) is 2.78. The Bertz CT molecular complexity index is 849. The predicted molar refractivity (Wildman–Crippen MR) is 113 cm³/mol. The van der Waals surface area contributed by atoms with E-state index in [1.54, 1.807) is 31.3 Å². The first-order valence-corrected chi connectivity index (χ1v) is 10.1. The number of nitrogens with one attached hydrogen (secondary N) is 1. The molecule has 2 aromatic carbocycles.